The molecule has 5 rings (SSSR count). The molecule has 8 heteroatoms. The molecule has 182 valence electrons. The average molecular weight is 496 g/mol. The molecule has 0 aliphatic carbocycles. The molecule has 35 heavy (non-hydrogen) atoms. The number of aromatic nitrogens is 1. The molecule has 2 aliphatic rings. The van der Waals surface area contributed by atoms with E-state index in [1.807, 2.05) is 26.8 Å². The number of likely N-dealkylation sites (tertiary alicyclic amines) is 2. The topological polar surface area (TPSA) is 62.7 Å². The fourth-order valence-corrected chi connectivity index (χ4v) is 5.19. The number of ether oxygens (including phenoxy) is 1. The third kappa shape index (κ3) is 4.69. The van der Waals surface area contributed by atoms with E-state index in [1.54, 1.807) is 46.3 Å². The standard InChI is InChI=1S/C27H27ClFN3O3/c1-27(2,3)35-26(34)32-14-18-12-31(13-19(18)15-32)25(33)17-4-6-20(23(29)11-17)16-5-7-24-21(10-16)22(28)8-9-30-24/h4-11,18-19H,12-15H2,1-3H3. The van der Waals surface area contributed by atoms with Crippen molar-refractivity contribution >= 4 is 34.5 Å². The zero-order valence-corrected chi connectivity index (χ0v) is 20.7. The van der Waals surface area contributed by atoms with E-state index >= 15 is 4.39 Å². The number of fused-ring (bicyclic) bond motifs is 2. The van der Waals surface area contributed by atoms with Crippen molar-refractivity contribution in [3.8, 4) is 11.1 Å². The Labute approximate surface area is 208 Å². The number of carbonyl (C=O) groups excluding carboxylic acids is 2. The van der Waals surface area contributed by atoms with Gasteiger partial charge in [0.05, 0.1) is 10.5 Å². The fraction of sp³-hybridized carbons (Fsp3) is 0.370. The van der Waals surface area contributed by atoms with Crippen LogP contribution >= 0.6 is 11.6 Å². The Hall–Kier alpha value is -3.19. The van der Waals surface area contributed by atoms with Crippen LogP contribution in [0.1, 0.15) is 31.1 Å². The molecule has 0 bridgehead atoms. The molecular weight excluding hydrogens is 469 g/mol. The van der Waals surface area contributed by atoms with E-state index in [-0.39, 0.29) is 23.8 Å². The zero-order chi connectivity index (χ0) is 24.9. The lowest BCUT2D eigenvalue weighted by atomic mass is 10.0. The van der Waals surface area contributed by atoms with Crippen LogP contribution in [0.15, 0.2) is 48.7 Å². The van der Waals surface area contributed by atoms with Crippen molar-refractivity contribution in [3.05, 3.63) is 65.1 Å². The lowest BCUT2D eigenvalue weighted by molar-refractivity contribution is 0.0275. The number of carbonyl (C=O) groups is 2. The molecule has 6 nitrogen and oxygen atoms in total. The number of pyridine rings is 1. The number of nitrogens with zero attached hydrogens (tertiary/aromatic N) is 3. The summed E-state index contributed by atoms with van der Waals surface area (Å²) in [7, 11) is 0. The second-order valence-electron chi connectivity index (χ2n) is 10.3. The summed E-state index contributed by atoms with van der Waals surface area (Å²) in [4.78, 5) is 33.3. The number of hydrogen-bond donors (Lipinski definition) is 0. The zero-order valence-electron chi connectivity index (χ0n) is 19.9. The molecule has 2 fully saturated rings. The average Bonchev–Trinajstić information content (AvgIpc) is 3.37. The van der Waals surface area contributed by atoms with E-state index in [4.69, 9.17) is 16.3 Å². The molecule has 2 atom stereocenters. The van der Waals surface area contributed by atoms with Crippen molar-refractivity contribution in [3.63, 3.8) is 0 Å². The van der Waals surface area contributed by atoms with Crippen LogP contribution in [0.4, 0.5) is 9.18 Å². The predicted molar refractivity (Wildman–Crippen MR) is 133 cm³/mol. The van der Waals surface area contributed by atoms with Gasteiger partial charge in [-0.05, 0) is 56.7 Å². The highest BCUT2D eigenvalue weighted by Gasteiger charge is 2.44. The predicted octanol–water partition coefficient (Wildman–Crippen LogP) is 5.63. The molecule has 0 radical (unpaired) electrons. The molecule has 2 unspecified atom stereocenters. The van der Waals surface area contributed by atoms with E-state index in [0.29, 0.717) is 47.9 Å². The van der Waals surface area contributed by atoms with Crippen molar-refractivity contribution < 1.29 is 18.7 Å². The second-order valence-corrected chi connectivity index (χ2v) is 10.7. The highest BCUT2D eigenvalue weighted by molar-refractivity contribution is 6.35. The molecule has 2 aliphatic heterocycles. The molecule has 2 amide bonds. The summed E-state index contributed by atoms with van der Waals surface area (Å²) in [5.41, 5.74) is 1.58. The van der Waals surface area contributed by atoms with Gasteiger partial charge in [0.1, 0.15) is 11.4 Å². The van der Waals surface area contributed by atoms with Gasteiger partial charge in [-0.25, -0.2) is 9.18 Å². The smallest absolute Gasteiger partial charge is 0.410 e. The number of amides is 2. The summed E-state index contributed by atoms with van der Waals surface area (Å²) in [5.74, 6) is -0.261. The van der Waals surface area contributed by atoms with Gasteiger partial charge in [-0.2, -0.15) is 0 Å². The lowest BCUT2D eigenvalue weighted by Gasteiger charge is -2.26. The maximum absolute atomic E-state index is 15.1. The SMILES string of the molecule is CC(C)(C)OC(=O)N1CC2CN(C(=O)c3ccc(-c4ccc5nccc(Cl)c5c4)c(F)c3)CC2C1. The Kier molecular flexibility index (Phi) is 5.91. The molecular formula is C27H27ClFN3O3. The molecule has 0 spiro atoms. The number of hydrogen-bond acceptors (Lipinski definition) is 4. The summed E-state index contributed by atoms with van der Waals surface area (Å²) in [6.07, 6.45) is 1.32. The van der Waals surface area contributed by atoms with E-state index in [0.717, 1.165) is 10.9 Å². The Bertz CT molecular complexity index is 1310. The van der Waals surface area contributed by atoms with Crippen LogP contribution < -0.4 is 0 Å². The van der Waals surface area contributed by atoms with Gasteiger partial charge in [0.15, 0.2) is 0 Å². The fourth-order valence-electron chi connectivity index (χ4n) is 4.98. The van der Waals surface area contributed by atoms with Crippen molar-refractivity contribution in [1.82, 2.24) is 14.8 Å². The largest absolute Gasteiger partial charge is 0.444 e. The van der Waals surface area contributed by atoms with Gasteiger partial charge in [-0.15, -0.1) is 0 Å². The molecule has 3 heterocycles. The van der Waals surface area contributed by atoms with Crippen LogP contribution in [0.5, 0.6) is 0 Å². The van der Waals surface area contributed by atoms with Crippen LogP contribution in [0.25, 0.3) is 22.0 Å². The first kappa shape index (κ1) is 23.5. The van der Waals surface area contributed by atoms with Crippen LogP contribution in [0, 0.1) is 17.7 Å². The van der Waals surface area contributed by atoms with Gasteiger partial charge < -0.3 is 14.5 Å². The molecule has 0 N–H and O–H groups in total. The van der Waals surface area contributed by atoms with Crippen molar-refractivity contribution in [2.75, 3.05) is 26.2 Å². The Morgan fingerprint density at radius 3 is 2.34 bits per heavy atom. The lowest BCUT2D eigenvalue weighted by Crippen LogP contribution is -2.38. The third-order valence-electron chi connectivity index (χ3n) is 6.64. The Morgan fingerprint density at radius 1 is 1.00 bits per heavy atom. The van der Waals surface area contributed by atoms with E-state index in [1.165, 1.54) is 6.07 Å². The first-order chi connectivity index (χ1) is 16.6. The first-order valence-corrected chi connectivity index (χ1v) is 12.1. The normalized spacial score (nSPS) is 19.8. The minimum absolute atomic E-state index is 0.195. The summed E-state index contributed by atoms with van der Waals surface area (Å²) in [6.45, 7) is 7.76. The molecule has 2 saturated heterocycles. The Balaban J connectivity index is 1.28. The highest BCUT2D eigenvalue weighted by atomic mass is 35.5. The maximum Gasteiger partial charge on any atom is 0.410 e. The third-order valence-corrected chi connectivity index (χ3v) is 6.97. The minimum Gasteiger partial charge on any atom is -0.444 e. The quantitative estimate of drug-likeness (QED) is 0.462. The van der Waals surface area contributed by atoms with Gasteiger partial charge in [-0.3, -0.25) is 9.78 Å². The van der Waals surface area contributed by atoms with Crippen molar-refractivity contribution in [2.45, 2.75) is 26.4 Å². The highest BCUT2D eigenvalue weighted by Crippen LogP contribution is 2.34. The van der Waals surface area contributed by atoms with E-state index in [9.17, 15) is 9.59 Å². The molecule has 2 aromatic carbocycles. The Morgan fingerprint density at radius 2 is 1.69 bits per heavy atom. The van der Waals surface area contributed by atoms with Crippen LogP contribution in [0.3, 0.4) is 0 Å². The van der Waals surface area contributed by atoms with E-state index < -0.39 is 11.4 Å². The maximum atomic E-state index is 15.1. The summed E-state index contributed by atoms with van der Waals surface area (Å²) in [6, 6.07) is 11.7. The van der Waals surface area contributed by atoms with Crippen LogP contribution in [0.2, 0.25) is 5.02 Å². The van der Waals surface area contributed by atoms with Gasteiger partial charge in [0, 0.05) is 60.7 Å². The molecule has 3 aromatic rings. The van der Waals surface area contributed by atoms with Gasteiger partial charge in [0.2, 0.25) is 0 Å². The monoisotopic (exact) mass is 495 g/mol. The first-order valence-electron chi connectivity index (χ1n) is 11.7. The van der Waals surface area contributed by atoms with Crippen molar-refractivity contribution in [1.29, 1.82) is 0 Å². The number of benzene rings is 2. The summed E-state index contributed by atoms with van der Waals surface area (Å²) >= 11 is 6.28. The summed E-state index contributed by atoms with van der Waals surface area (Å²) in [5, 5.41) is 1.30. The minimum atomic E-state index is -0.539. The van der Waals surface area contributed by atoms with E-state index in [2.05, 4.69) is 4.98 Å². The molecule has 1 aromatic heterocycles. The van der Waals surface area contributed by atoms with Crippen LogP contribution in [-0.4, -0.2) is 58.6 Å². The molecule has 0 saturated carbocycles. The van der Waals surface area contributed by atoms with Crippen molar-refractivity contribution in [2.24, 2.45) is 11.8 Å². The second kappa shape index (κ2) is 8.79. The number of rotatable bonds is 2. The van der Waals surface area contributed by atoms with Gasteiger partial charge >= 0.3 is 6.09 Å². The van der Waals surface area contributed by atoms with Gasteiger partial charge in [0.25, 0.3) is 5.91 Å². The number of halogens is 2. The van der Waals surface area contributed by atoms with Crippen LogP contribution in [-0.2, 0) is 4.74 Å². The van der Waals surface area contributed by atoms with Gasteiger partial charge in [-0.1, -0.05) is 23.7 Å². The summed E-state index contributed by atoms with van der Waals surface area (Å²) < 4.78 is 20.6.